The van der Waals surface area contributed by atoms with Crippen molar-refractivity contribution < 1.29 is 0 Å². The Balaban J connectivity index is 0.00000121. The molecule has 1 aromatic heterocycles. The van der Waals surface area contributed by atoms with Crippen LogP contribution in [0.1, 0.15) is 17.5 Å². The van der Waals surface area contributed by atoms with Crippen molar-refractivity contribution in [2.45, 2.75) is 19.3 Å². The van der Waals surface area contributed by atoms with Crippen LogP contribution in [0.3, 0.4) is 0 Å². The van der Waals surface area contributed by atoms with E-state index in [1.807, 2.05) is 0 Å². The van der Waals surface area contributed by atoms with Crippen LogP contribution >= 0.6 is 24.8 Å². The lowest BCUT2D eigenvalue weighted by Gasteiger charge is -2.19. The zero-order valence-corrected chi connectivity index (χ0v) is 14.6. The molecule has 1 aliphatic rings. The lowest BCUT2D eigenvalue weighted by molar-refractivity contribution is 0.414. The fraction of sp³-hybridized carbons (Fsp3) is 0.438. The molecule has 6 heteroatoms. The van der Waals surface area contributed by atoms with Crippen molar-refractivity contribution in [1.29, 1.82) is 0 Å². The minimum atomic E-state index is 0. The van der Waals surface area contributed by atoms with E-state index < -0.39 is 0 Å². The Morgan fingerprint density at radius 3 is 2.73 bits per heavy atom. The first-order valence-corrected chi connectivity index (χ1v) is 7.21. The number of anilines is 1. The van der Waals surface area contributed by atoms with E-state index in [2.05, 4.69) is 47.5 Å². The molecular formula is C16H23Cl2N3O. The number of fused-ring (bicyclic) bond motifs is 3. The Hall–Kier alpha value is -1.23. The number of aromatic amines is 1. The largest absolute Gasteiger partial charge is 0.384 e. The maximum atomic E-state index is 12.2. The molecule has 4 nitrogen and oxygen atoms in total. The lowest BCUT2D eigenvalue weighted by atomic mass is 10.00. The smallest absolute Gasteiger partial charge is 0.253 e. The highest BCUT2D eigenvalue weighted by molar-refractivity contribution is 5.93. The zero-order valence-electron chi connectivity index (χ0n) is 12.9. The molecule has 0 saturated heterocycles. The first-order chi connectivity index (χ1) is 9.65. The second-order valence-electron chi connectivity index (χ2n) is 5.77. The summed E-state index contributed by atoms with van der Waals surface area (Å²) < 4.78 is 0. The number of hydrogen-bond donors (Lipinski definition) is 2. The summed E-state index contributed by atoms with van der Waals surface area (Å²) in [4.78, 5) is 17.4. The summed E-state index contributed by atoms with van der Waals surface area (Å²) in [5, 5.41) is 4.52. The fourth-order valence-corrected chi connectivity index (χ4v) is 2.81. The number of rotatable bonds is 3. The molecule has 0 atom stereocenters. The average Bonchev–Trinajstić information content (AvgIpc) is 2.45. The van der Waals surface area contributed by atoms with E-state index in [1.54, 1.807) is 0 Å². The third-order valence-electron chi connectivity index (χ3n) is 3.93. The van der Waals surface area contributed by atoms with Gasteiger partial charge >= 0.3 is 0 Å². The van der Waals surface area contributed by atoms with Crippen LogP contribution in [-0.4, -0.2) is 37.1 Å². The minimum Gasteiger partial charge on any atom is -0.384 e. The van der Waals surface area contributed by atoms with E-state index in [0.717, 1.165) is 54.5 Å². The topological polar surface area (TPSA) is 48.1 Å². The SMILES string of the molecule is CN(C)CCc1ccc2c3c(c(=O)[nH]c2c1)CCCN3.Cl.Cl. The van der Waals surface area contributed by atoms with Gasteiger partial charge in [0.15, 0.2) is 0 Å². The van der Waals surface area contributed by atoms with Crippen LogP contribution < -0.4 is 10.9 Å². The molecule has 0 radical (unpaired) electrons. The highest BCUT2D eigenvalue weighted by Gasteiger charge is 2.15. The molecule has 0 spiro atoms. The first-order valence-electron chi connectivity index (χ1n) is 7.21. The van der Waals surface area contributed by atoms with E-state index in [1.165, 1.54) is 5.56 Å². The van der Waals surface area contributed by atoms with Gasteiger partial charge in [0, 0.05) is 24.0 Å². The minimum absolute atomic E-state index is 0. The molecule has 1 aliphatic heterocycles. The van der Waals surface area contributed by atoms with Crippen LogP contribution in [0.25, 0.3) is 10.9 Å². The van der Waals surface area contributed by atoms with Gasteiger partial charge < -0.3 is 15.2 Å². The Morgan fingerprint density at radius 2 is 2.00 bits per heavy atom. The number of hydrogen-bond acceptors (Lipinski definition) is 3. The Kier molecular flexibility index (Phi) is 6.72. The average molecular weight is 344 g/mol. The van der Waals surface area contributed by atoms with Gasteiger partial charge in [0.2, 0.25) is 0 Å². The molecule has 0 fully saturated rings. The van der Waals surface area contributed by atoms with Crippen LogP contribution in [0.15, 0.2) is 23.0 Å². The summed E-state index contributed by atoms with van der Waals surface area (Å²) >= 11 is 0. The number of likely N-dealkylation sites (N-methyl/N-ethyl adjacent to an activating group) is 1. The van der Waals surface area contributed by atoms with Crippen molar-refractivity contribution in [2.75, 3.05) is 32.5 Å². The van der Waals surface area contributed by atoms with Crippen molar-refractivity contribution in [3.63, 3.8) is 0 Å². The zero-order chi connectivity index (χ0) is 14.1. The Labute approximate surface area is 143 Å². The molecule has 1 aromatic carbocycles. The molecule has 22 heavy (non-hydrogen) atoms. The van der Waals surface area contributed by atoms with Crippen LogP contribution in [0, 0.1) is 0 Å². The predicted octanol–water partition coefficient (Wildman–Crippen LogP) is 2.83. The molecule has 122 valence electrons. The van der Waals surface area contributed by atoms with Gasteiger partial charge in [0.1, 0.15) is 0 Å². The number of benzene rings is 1. The predicted molar refractivity (Wildman–Crippen MR) is 98.1 cm³/mol. The van der Waals surface area contributed by atoms with Crippen LogP contribution in [0.4, 0.5) is 5.69 Å². The highest BCUT2D eigenvalue weighted by Crippen LogP contribution is 2.27. The van der Waals surface area contributed by atoms with E-state index >= 15 is 0 Å². The summed E-state index contributed by atoms with van der Waals surface area (Å²) in [7, 11) is 4.15. The number of nitrogens with zero attached hydrogens (tertiary/aromatic N) is 1. The van der Waals surface area contributed by atoms with Gasteiger partial charge in [-0.3, -0.25) is 4.79 Å². The van der Waals surface area contributed by atoms with Crippen LogP contribution in [0.5, 0.6) is 0 Å². The van der Waals surface area contributed by atoms with Gasteiger partial charge in [0.25, 0.3) is 5.56 Å². The fourth-order valence-electron chi connectivity index (χ4n) is 2.81. The molecule has 0 bridgehead atoms. The van der Waals surface area contributed by atoms with Crippen LogP contribution in [0.2, 0.25) is 0 Å². The maximum absolute atomic E-state index is 12.2. The highest BCUT2D eigenvalue weighted by atomic mass is 35.5. The number of halogens is 2. The molecule has 0 amide bonds. The van der Waals surface area contributed by atoms with Crippen molar-refractivity contribution in [3.05, 3.63) is 39.7 Å². The lowest BCUT2D eigenvalue weighted by Crippen LogP contribution is -2.22. The number of pyridine rings is 1. The van der Waals surface area contributed by atoms with Gasteiger partial charge in [-0.2, -0.15) is 0 Å². The summed E-state index contributed by atoms with van der Waals surface area (Å²) in [5.41, 5.74) is 4.21. The van der Waals surface area contributed by atoms with Crippen molar-refractivity contribution >= 4 is 41.4 Å². The molecule has 2 N–H and O–H groups in total. The van der Waals surface area contributed by atoms with Gasteiger partial charge in [0.05, 0.1) is 11.2 Å². The second kappa shape index (κ2) is 7.86. The van der Waals surface area contributed by atoms with Crippen molar-refractivity contribution in [1.82, 2.24) is 9.88 Å². The summed E-state index contributed by atoms with van der Waals surface area (Å²) in [6, 6.07) is 6.41. The summed E-state index contributed by atoms with van der Waals surface area (Å²) in [6.07, 6.45) is 2.90. The molecule has 2 heterocycles. The van der Waals surface area contributed by atoms with Crippen molar-refractivity contribution in [2.24, 2.45) is 0 Å². The van der Waals surface area contributed by atoms with Crippen molar-refractivity contribution in [3.8, 4) is 0 Å². The van der Waals surface area contributed by atoms with E-state index in [4.69, 9.17) is 0 Å². The molecule has 0 aliphatic carbocycles. The number of aromatic nitrogens is 1. The van der Waals surface area contributed by atoms with Gasteiger partial charge in [-0.15, -0.1) is 24.8 Å². The van der Waals surface area contributed by atoms with E-state index in [9.17, 15) is 4.79 Å². The van der Waals surface area contributed by atoms with E-state index in [0.29, 0.717) is 0 Å². The quantitative estimate of drug-likeness (QED) is 0.900. The summed E-state index contributed by atoms with van der Waals surface area (Å²) in [6.45, 7) is 1.97. The van der Waals surface area contributed by atoms with Gasteiger partial charge in [-0.25, -0.2) is 0 Å². The molecule has 0 unspecified atom stereocenters. The van der Waals surface area contributed by atoms with Gasteiger partial charge in [-0.05, 0) is 45.0 Å². The van der Waals surface area contributed by atoms with Gasteiger partial charge in [-0.1, -0.05) is 12.1 Å². The molecule has 3 rings (SSSR count). The van der Waals surface area contributed by atoms with E-state index in [-0.39, 0.29) is 30.4 Å². The normalized spacial score (nSPS) is 13.0. The monoisotopic (exact) mass is 343 g/mol. The molecular weight excluding hydrogens is 321 g/mol. The molecule has 2 aromatic rings. The standard InChI is InChI=1S/C16H21N3O.2ClH/c1-19(2)9-7-11-5-6-12-14(10-11)18-16(20)13-4-3-8-17-15(12)13;;/h5-6,10,17H,3-4,7-9H2,1-2H3,(H,18,20);2*1H. The number of H-pyrrole nitrogens is 1. The summed E-state index contributed by atoms with van der Waals surface area (Å²) in [5.74, 6) is 0. The molecule has 0 saturated carbocycles. The maximum Gasteiger partial charge on any atom is 0.253 e. The van der Waals surface area contributed by atoms with Crippen LogP contribution in [-0.2, 0) is 12.8 Å². The Morgan fingerprint density at radius 1 is 1.23 bits per heavy atom. The third-order valence-corrected chi connectivity index (χ3v) is 3.93. The third kappa shape index (κ3) is 3.75. The first kappa shape index (κ1) is 18.8. The Bertz CT molecular complexity index is 698. The number of nitrogens with one attached hydrogen (secondary N) is 2. The second-order valence-corrected chi connectivity index (χ2v) is 5.77.